The molecule has 0 saturated heterocycles. The van der Waals surface area contributed by atoms with E-state index in [4.69, 9.17) is 0 Å². The summed E-state index contributed by atoms with van der Waals surface area (Å²) in [6.07, 6.45) is 1.96. The van der Waals surface area contributed by atoms with Gasteiger partial charge in [-0.2, -0.15) is 0 Å². The van der Waals surface area contributed by atoms with Crippen molar-refractivity contribution in [2.24, 2.45) is 0 Å². The highest BCUT2D eigenvalue weighted by Gasteiger charge is 2.11. The van der Waals surface area contributed by atoms with Gasteiger partial charge in [0.15, 0.2) is 0 Å². The quantitative estimate of drug-likeness (QED) is 0.665. The summed E-state index contributed by atoms with van der Waals surface area (Å²) in [5, 5.41) is 1.57. The maximum absolute atomic E-state index is 10.9. The van der Waals surface area contributed by atoms with Crippen molar-refractivity contribution < 1.29 is 13.2 Å². The number of thiazole rings is 1. The van der Waals surface area contributed by atoms with Gasteiger partial charge in [-0.25, -0.2) is 13.4 Å². The first-order valence-corrected chi connectivity index (χ1v) is 5.89. The topological polar surface area (TPSA) is 64.1 Å². The molecule has 0 N–H and O–H groups in total. The number of aromatic nitrogens is 1. The minimum Gasteiger partial charge on any atom is -0.303 e. The summed E-state index contributed by atoms with van der Waals surface area (Å²) >= 11 is 1.04. The van der Waals surface area contributed by atoms with Crippen LogP contribution in [0.3, 0.4) is 0 Å². The molecule has 4 nitrogen and oxygen atoms in total. The van der Waals surface area contributed by atoms with Crippen molar-refractivity contribution in [1.82, 2.24) is 4.98 Å². The predicted molar refractivity (Wildman–Crippen MR) is 45.0 cm³/mol. The van der Waals surface area contributed by atoms with Gasteiger partial charge in [0.1, 0.15) is 6.29 Å². The standard InChI is InChI=1S/C6H7NO3S2/c1-12(9,10)6-7-5(2-3-8)4-11-6/h3-4H,2H2,1H3. The number of nitrogens with zero attached hydrogens (tertiary/aromatic N) is 1. The third-order valence-corrected chi connectivity index (χ3v) is 3.75. The Morgan fingerprint density at radius 3 is 2.75 bits per heavy atom. The predicted octanol–water partition coefficient (Wildman–Crippen LogP) is 0.288. The van der Waals surface area contributed by atoms with Crippen molar-refractivity contribution in [2.75, 3.05) is 6.26 Å². The highest BCUT2D eigenvalue weighted by molar-refractivity contribution is 7.92. The van der Waals surface area contributed by atoms with Crippen molar-refractivity contribution in [1.29, 1.82) is 0 Å². The maximum Gasteiger partial charge on any atom is 0.209 e. The van der Waals surface area contributed by atoms with Gasteiger partial charge in [-0.15, -0.1) is 11.3 Å². The van der Waals surface area contributed by atoms with Gasteiger partial charge in [-0.1, -0.05) is 0 Å². The second-order valence-electron chi connectivity index (χ2n) is 2.25. The third-order valence-electron chi connectivity index (χ3n) is 1.14. The van der Waals surface area contributed by atoms with Crippen LogP contribution in [-0.2, 0) is 21.1 Å². The summed E-state index contributed by atoms with van der Waals surface area (Å²) in [6, 6.07) is 0. The number of hydrogen-bond donors (Lipinski definition) is 0. The molecule has 6 heteroatoms. The van der Waals surface area contributed by atoms with E-state index in [9.17, 15) is 13.2 Å². The van der Waals surface area contributed by atoms with E-state index in [1.807, 2.05) is 0 Å². The van der Waals surface area contributed by atoms with E-state index in [1.54, 1.807) is 5.38 Å². The maximum atomic E-state index is 10.9. The normalized spacial score (nSPS) is 11.4. The lowest BCUT2D eigenvalue weighted by Gasteiger charge is -1.87. The molecular weight excluding hydrogens is 198 g/mol. The molecule has 66 valence electrons. The van der Waals surface area contributed by atoms with E-state index in [1.165, 1.54) is 0 Å². The van der Waals surface area contributed by atoms with E-state index in [0.29, 0.717) is 12.0 Å². The van der Waals surface area contributed by atoms with Crippen LogP contribution < -0.4 is 0 Å². The molecular formula is C6H7NO3S2. The van der Waals surface area contributed by atoms with Gasteiger partial charge < -0.3 is 4.79 Å². The van der Waals surface area contributed by atoms with Crippen molar-refractivity contribution in [3.8, 4) is 0 Å². The summed E-state index contributed by atoms with van der Waals surface area (Å²) in [6.45, 7) is 0. The number of sulfone groups is 1. The van der Waals surface area contributed by atoms with Crippen LogP contribution in [0.2, 0.25) is 0 Å². The van der Waals surface area contributed by atoms with Crippen molar-refractivity contribution >= 4 is 27.5 Å². The summed E-state index contributed by atoms with van der Waals surface area (Å²) < 4.78 is 21.9. The molecule has 1 heterocycles. The fourth-order valence-corrected chi connectivity index (χ4v) is 2.32. The molecule has 0 aliphatic heterocycles. The van der Waals surface area contributed by atoms with Gasteiger partial charge in [0.25, 0.3) is 0 Å². The summed E-state index contributed by atoms with van der Waals surface area (Å²) in [7, 11) is -3.21. The Kier molecular flexibility index (Phi) is 2.58. The molecule has 0 amide bonds. The van der Waals surface area contributed by atoms with Gasteiger partial charge in [0.2, 0.25) is 14.2 Å². The molecule has 0 atom stereocenters. The van der Waals surface area contributed by atoms with E-state index < -0.39 is 9.84 Å². The van der Waals surface area contributed by atoms with Crippen LogP contribution in [0.25, 0.3) is 0 Å². The molecule has 0 bridgehead atoms. The first-order valence-electron chi connectivity index (χ1n) is 3.12. The fraction of sp³-hybridized carbons (Fsp3) is 0.333. The van der Waals surface area contributed by atoms with E-state index in [2.05, 4.69) is 4.98 Å². The summed E-state index contributed by atoms with van der Waals surface area (Å²) in [5.41, 5.74) is 0.510. The SMILES string of the molecule is CS(=O)(=O)c1nc(CC=O)cs1. The first-order chi connectivity index (χ1) is 5.54. The zero-order valence-corrected chi connectivity index (χ0v) is 7.98. The second-order valence-corrected chi connectivity index (χ2v) is 5.30. The monoisotopic (exact) mass is 205 g/mol. The Hall–Kier alpha value is -0.750. The Bertz CT molecular complexity index is 379. The molecule has 0 fully saturated rings. The molecule has 0 radical (unpaired) electrons. The minimum absolute atomic E-state index is 0.0688. The lowest BCUT2D eigenvalue weighted by molar-refractivity contribution is -0.107. The fourth-order valence-electron chi connectivity index (χ4n) is 0.638. The first kappa shape index (κ1) is 9.34. The molecule has 0 aromatic carbocycles. The molecule has 0 aliphatic rings. The molecule has 1 aromatic heterocycles. The van der Waals surface area contributed by atoms with E-state index in [-0.39, 0.29) is 10.8 Å². The summed E-state index contributed by atoms with van der Waals surface area (Å²) in [5.74, 6) is 0. The molecule has 0 spiro atoms. The Labute approximate surface area is 74.2 Å². The number of hydrogen-bond acceptors (Lipinski definition) is 5. The molecule has 0 aliphatic carbocycles. The summed E-state index contributed by atoms with van der Waals surface area (Å²) in [4.78, 5) is 13.8. The minimum atomic E-state index is -3.21. The van der Waals surface area contributed by atoms with Crippen LogP contribution in [0.15, 0.2) is 9.72 Å². The van der Waals surface area contributed by atoms with Gasteiger partial charge in [0, 0.05) is 18.1 Å². The molecule has 0 unspecified atom stereocenters. The van der Waals surface area contributed by atoms with Crippen LogP contribution in [0, 0.1) is 0 Å². The Morgan fingerprint density at radius 1 is 1.67 bits per heavy atom. The molecule has 1 rings (SSSR count). The number of carbonyl (C=O) groups is 1. The molecule has 0 saturated carbocycles. The number of carbonyl (C=O) groups excluding carboxylic acids is 1. The van der Waals surface area contributed by atoms with Crippen LogP contribution in [0.1, 0.15) is 5.69 Å². The van der Waals surface area contributed by atoms with E-state index >= 15 is 0 Å². The lowest BCUT2D eigenvalue weighted by atomic mass is 10.4. The highest BCUT2D eigenvalue weighted by atomic mass is 32.2. The largest absolute Gasteiger partial charge is 0.303 e. The Morgan fingerprint density at radius 2 is 2.33 bits per heavy atom. The van der Waals surface area contributed by atoms with Crippen molar-refractivity contribution in [3.05, 3.63) is 11.1 Å². The smallest absolute Gasteiger partial charge is 0.209 e. The van der Waals surface area contributed by atoms with Crippen molar-refractivity contribution in [3.63, 3.8) is 0 Å². The van der Waals surface area contributed by atoms with E-state index in [0.717, 1.165) is 17.6 Å². The van der Waals surface area contributed by atoms with Crippen LogP contribution in [0.5, 0.6) is 0 Å². The van der Waals surface area contributed by atoms with Crippen LogP contribution in [0.4, 0.5) is 0 Å². The molecule has 12 heavy (non-hydrogen) atoms. The molecule has 1 aromatic rings. The van der Waals surface area contributed by atoms with Gasteiger partial charge in [0.05, 0.1) is 5.69 Å². The average Bonchev–Trinajstić information content (AvgIpc) is 2.35. The lowest BCUT2D eigenvalue weighted by Crippen LogP contribution is -1.96. The van der Waals surface area contributed by atoms with Gasteiger partial charge in [-0.3, -0.25) is 0 Å². The second kappa shape index (κ2) is 3.32. The van der Waals surface area contributed by atoms with Gasteiger partial charge in [-0.05, 0) is 0 Å². The highest BCUT2D eigenvalue weighted by Crippen LogP contribution is 2.14. The third kappa shape index (κ3) is 2.12. The Balaban J connectivity index is 2.99. The van der Waals surface area contributed by atoms with Gasteiger partial charge >= 0.3 is 0 Å². The number of rotatable bonds is 3. The van der Waals surface area contributed by atoms with Crippen LogP contribution >= 0.6 is 11.3 Å². The van der Waals surface area contributed by atoms with Crippen LogP contribution in [-0.4, -0.2) is 25.9 Å². The van der Waals surface area contributed by atoms with Crippen molar-refractivity contribution in [2.45, 2.75) is 10.8 Å². The average molecular weight is 205 g/mol. The zero-order chi connectivity index (χ0) is 9.19. The number of aldehydes is 1. The zero-order valence-electron chi connectivity index (χ0n) is 6.35.